The van der Waals surface area contributed by atoms with Crippen molar-refractivity contribution in [2.45, 2.75) is 26.7 Å². The highest BCUT2D eigenvalue weighted by Crippen LogP contribution is 2.26. The van der Waals surface area contributed by atoms with Gasteiger partial charge in [-0.1, -0.05) is 25.1 Å². The average molecular weight is 374 g/mol. The lowest BCUT2D eigenvalue weighted by molar-refractivity contribution is 0.442. The summed E-state index contributed by atoms with van der Waals surface area (Å²) in [5.41, 5.74) is 1.94. The first-order valence-corrected chi connectivity index (χ1v) is 9.86. The van der Waals surface area contributed by atoms with Gasteiger partial charge in [-0.25, -0.2) is 4.98 Å². The van der Waals surface area contributed by atoms with E-state index < -0.39 is 0 Å². The first-order chi connectivity index (χ1) is 13.7. The summed E-state index contributed by atoms with van der Waals surface area (Å²) < 4.78 is 5.85. The molecule has 5 heteroatoms. The number of nitrogens with zero attached hydrogens (tertiary/aromatic N) is 3. The molecule has 28 heavy (non-hydrogen) atoms. The maximum absolute atomic E-state index is 5.85. The van der Waals surface area contributed by atoms with Crippen LogP contribution in [-0.2, 0) is 0 Å². The zero-order valence-electron chi connectivity index (χ0n) is 16.4. The maximum atomic E-state index is 5.85. The van der Waals surface area contributed by atoms with Gasteiger partial charge in [-0.3, -0.25) is 0 Å². The summed E-state index contributed by atoms with van der Waals surface area (Å²) in [6.45, 7) is 6.36. The van der Waals surface area contributed by atoms with Crippen LogP contribution in [0.2, 0.25) is 0 Å². The van der Waals surface area contributed by atoms with E-state index in [4.69, 9.17) is 9.72 Å². The van der Waals surface area contributed by atoms with Gasteiger partial charge in [0.25, 0.3) is 0 Å². The molecule has 144 valence electrons. The van der Waals surface area contributed by atoms with Crippen LogP contribution >= 0.6 is 0 Å². The van der Waals surface area contributed by atoms with Crippen molar-refractivity contribution in [3.63, 3.8) is 0 Å². The summed E-state index contributed by atoms with van der Waals surface area (Å²) >= 11 is 0. The molecule has 3 aromatic rings. The Bertz CT molecular complexity index is 912. The first-order valence-electron chi connectivity index (χ1n) is 9.86. The molecule has 0 spiro atoms. The Morgan fingerprint density at radius 3 is 2.50 bits per heavy atom. The number of aromatic nitrogens is 2. The SMILES string of the molecule is Cc1cc(Nc2ccc(Oc3ccccc3)cc2)nc(N2CCCC(C)C2)n1. The Morgan fingerprint density at radius 1 is 1.00 bits per heavy atom. The van der Waals surface area contributed by atoms with Crippen molar-refractivity contribution in [1.29, 1.82) is 0 Å². The van der Waals surface area contributed by atoms with Crippen molar-refractivity contribution in [1.82, 2.24) is 9.97 Å². The van der Waals surface area contributed by atoms with Gasteiger partial charge in [0.1, 0.15) is 17.3 Å². The number of hydrogen-bond donors (Lipinski definition) is 1. The Kier molecular flexibility index (Phi) is 5.42. The third kappa shape index (κ3) is 4.60. The average Bonchev–Trinajstić information content (AvgIpc) is 2.70. The zero-order chi connectivity index (χ0) is 19.3. The fraction of sp³-hybridized carbons (Fsp3) is 0.304. The van der Waals surface area contributed by atoms with E-state index in [-0.39, 0.29) is 0 Å². The van der Waals surface area contributed by atoms with Crippen molar-refractivity contribution in [3.8, 4) is 11.5 Å². The van der Waals surface area contributed by atoms with Crippen molar-refractivity contribution in [3.05, 3.63) is 66.4 Å². The number of benzene rings is 2. The second-order valence-electron chi connectivity index (χ2n) is 7.45. The van der Waals surface area contributed by atoms with Gasteiger partial charge in [0.2, 0.25) is 5.95 Å². The summed E-state index contributed by atoms with van der Waals surface area (Å²) in [6.07, 6.45) is 2.48. The molecule has 1 unspecified atom stereocenters. The number of anilines is 3. The van der Waals surface area contributed by atoms with E-state index in [9.17, 15) is 0 Å². The molecular weight excluding hydrogens is 348 g/mol. The molecular formula is C23H26N4O. The van der Waals surface area contributed by atoms with Gasteiger partial charge < -0.3 is 15.0 Å². The summed E-state index contributed by atoms with van der Waals surface area (Å²) in [6, 6.07) is 19.7. The largest absolute Gasteiger partial charge is 0.457 e. The van der Waals surface area contributed by atoms with Crippen LogP contribution in [0.15, 0.2) is 60.7 Å². The van der Waals surface area contributed by atoms with Crippen LogP contribution in [0.1, 0.15) is 25.5 Å². The van der Waals surface area contributed by atoms with Gasteiger partial charge in [-0.05, 0) is 62.1 Å². The van der Waals surface area contributed by atoms with Crippen LogP contribution < -0.4 is 15.0 Å². The second kappa shape index (κ2) is 8.30. The van der Waals surface area contributed by atoms with E-state index >= 15 is 0 Å². The van der Waals surface area contributed by atoms with Gasteiger partial charge in [0.05, 0.1) is 0 Å². The number of rotatable bonds is 5. The lowest BCUT2D eigenvalue weighted by atomic mass is 10.0. The minimum absolute atomic E-state index is 0.687. The zero-order valence-corrected chi connectivity index (χ0v) is 16.4. The lowest BCUT2D eigenvalue weighted by Crippen LogP contribution is -2.35. The molecule has 0 amide bonds. The quantitative estimate of drug-likeness (QED) is 0.634. The summed E-state index contributed by atoms with van der Waals surface area (Å²) in [7, 11) is 0. The van der Waals surface area contributed by atoms with Crippen LogP contribution in [0.5, 0.6) is 11.5 Å². The lowest BCUT2D eigenvalue weighted by Gasteiger charge is -2.31. The number of piperidine rings is 1. The Hall–Kier alpha value is -3.08. The summed E-state index contributed by atoms with van der Waals surface area (Å²) in [4.78, 5) is 11.7. The Labute approximate surface area is 166 Å². The third-order valence-corrected chi connectivity index (χ3v) is 4.89. The highest BCUT2D eigenvalue weighted by Gasteiger charge is 2.19. The van der Waals surface area contributed by atoms with E-state index in [1.165, 1.54) is 12.8 Å². The predicted molar refractivity (Wildman–Crippen MR) is 114 cm³/mol. The standard InChI is InChI=1S/C23H26N4O/c1-17-7-6-14-27(16-17)23-24-18(2)15-22(26-23)25-19-10-12-21(13-11-19)28-20-8-4-3-5-9-20/h3-5,8-13,15,17H,6-7,14,16H2,1-2H3,(H,24,25,26). The van der Waals surface area contributed by atoms with Crippen LogP contribution in [0.4, 0.5) is 17.5 Å². The molecule has 1 fully saturated rings. The first kappa shape index (κ1) is 18.3. The minimum atomic E-state index is 0.687. The number of para-hydroxylation sites is 1. The number of hydrogen-bond acceptors (Lipinski definition) is 5. The van der Waals surface area contributed by atoms with E-state index in [1.807, 2.05) is 67.6 Å². The molecule has 5 nitrogen and oxygen atoms in total. The topological polar surface area (TPSA) is 50.3 Å². The van der Waals surface area contributed by atoms with E-state index in [1.54, 1.807) is 0 Å². The highest BCUT2D eigenvalue weighted by molar-refractivity contribution is 5.59. The van der Waals surface area contributed by atoms with E-state index in [0.29, 0.717) is 5.92 Å². The van der Waals surface area contributed by atoms with Gasteiger partial charge in [-0.2, -0.15) is 4.98 Å². The molecule has 1 atom stereocenters. The Morgan fingerprint density at radius 2 is 1.75 bits per heavy atom. The van der Waals surface area contributed by atoms with Crippen LogP contribution in [-0.4, -0.2) is 23.1 Å². The number of ether oxygens (including phenoxy) is 1. The fourth-order valence-corrected chi connectivity index (χ4v) is 3.51. The van der Waals surface area contributed by atoms with Crippen LogP contribution in [0, 0.1) is 12.8 Å². The van der Waals surface area contributed by atoms with Crippen molar-refractivity contribution >= 4 is 17.5 Å². The molecule has 0 aliphatic carbocycles. The predicted octanol–water partition coefficient (Wildman–Crippen LogP) is 5.56. The Balaban J connectivity index is 1.46. The fourth-order valence-electron chi connectivity index (χ4n) is 3.51. The minimum Gasteiger partial charge on any atom is -0.457 e. The van der Waals surface area contributed by atoms with Crippen LogP contribution in [0.25, 0.3) is 0 Å². The normalized spacial score (nSPS) is 16.6. The molecule has 0 radical (unpaired) electrons. The molecule has 1 saturated heterocycles. The van der Waals surface area contributed by atoms with Gasteiger partial charge in [0.15, 0.2) is 0 Å². The molecule has 0 saturated carbocycles. The van der Waals surface area contributed by atoms with Crippen molar-refractivity contribution in [2.24, 2.45) is 5.92 Å². The number of aryl methyl sites for hydroxylation is 1. The van der Waals surface area contributed by atoms with E-state index in [2.05, 4.69) is 22.1 Å². The summed E-state index contributed by atoms with van der Waals surface area (Å²) in [5.74, 6) is 3.95. The van der Waals surface area contributed by atoms with Gasteiger partial charge >= 0.3 is 0 Å². The molecule has 4 rings (SSSR count). The van der Waals surface area contributed by atoms with Crippen LogP contribution in [0.3, 0.4) is 0 Å². The van der Waals surface area contributed by atoms with E-state index in [0.717, 1.165) is 47.7 Å². The monoisotopic (exact) mass is 374 g/mol. The smallest absolute Gasteiger partial charge is 0.227 e. The molecule has 1 N–H and O–H groups in total. The summed E-state index contributed by atoms with van der Waals surface area (Å²) in [5, 5.41) is 3.39. The molecule has 2 aromatic carbocycles. The van der Waals surface area contributed by atoms with Gasteiger partial charge in [-0.15, -0.1) is 0 Å². The maximum Gasteiger partial charge on any atom is 0.227 e. The number of nitrogens with one attached hydrogen (secondary N) is 1. The highest BCUT2D eigenvalue weighted by atomic mass is 16.5. The molecule has 1 aromatic heterocycles. The second-order valence-corrected chi connectivity index (χ2v) is 7.45. The van der Waals surface area contributed by atoms with Crippen molar-refractivity contribution in [2.75, 3.05) is 23.3 Å². The van der Waals surface area contributed by atoms with Gasteiger partial charge in [0, 0.05) is 30.5 Å². The van der Waals surface area contributed by atoms with Crippen molar-refractivity contribution < 1.29 is 4.74 Å². The third-order valence-electron chi connectivity index (χ3n) is 4.89. The molecule has 1 aliphatic rings. The molecule has 2 heterocycles. The molecule has 0 bridgehead atoms. The molecule has 1 aliphatic heterocycles.